The van der Waals surface area contributed by atoms with Gasteiger partial charge in [-0.05, 0) is 29.3 Å². The molecule has 1 aliphatic heterocycles. The minimum Gasteiger partial charge on any atom is -0.374 e. The zero-order valence-electron chi connectivity index (χ0n) is 14.6. The van der Waals surface area contributed by atoms with Gasteiger partial charge in [-0.3, -0.25) is 9.69 Å². The largest absolute Gasteiger partial charge is 0.374 e. The van der Waals surface area contributed by atoms with Crippen LogP contribution in [0.5, 0.6) is 0 Å². The first-order valence-electron chi connectivity index (χ1n) is 8.78. The van der Waals surface area contributed by atoms with Crippen LogP contribution in [-0.2, 0) is 16.1 Å². The van der Waals surface area contributed by atoms with Gasteiger partial charge < -0.3 is 10.1 Å². The molecule has 1 saturated heterocycles. The van der Waals surface area contributed by atoms with Gasteiger partial charge in [-0.1, -0.05) is 42.5 Å². The van der Waals surface area contributed by atoms with E-state index in [1.165, 1.54) is 23.8 Å². The molecule has 0 aromatic heterocycles. The molecular weight excluding hydrogens is 331 g/mol. The smallest absolute Gasteiger partial charge is 0.244 e. The second-order valence-corrected chi connectivity index (χ2v) is 6.34. The summed E-state index contributed by atoms with van der Waals surface area (Å²) in [6.07, 6.45) is 3.10. The molecule has 0 spiro atoms. The van der Waals surface area contributed by atoms with Gasteiger partial charge in [0.25, 0.3) is 0 Å². The monoisotopic (exact) mass is 354 g/mol. The Labute approximate surface area is 153 Å². The van der Waals surface area contributed by atoms with Gasteiger partial charge in [0, 0.05) is 32.3 Å². The molecule has 1 unspecified atom stereocenters. The van der Waals surface area contributed by atoms with Crippen molar-refractivity contribution < 1.29 is 13.9 Å². The standard InChI is InChI=1S/C21H23FN2O2/c22-19-9-6-17(7-10-19)8-11-21(25)23-14-20-16-24(12-13-26-20)15-18-4-2-1-3-5-18/h1-11,20H,12-16H2,(H,23,25)/b11-8+. The zero-order chi connectivity index (χ0) is 18.2. The lowest BCUT2D eigenvalue weighted by molar-refractivity contribution is -0.117. The van der Waals surface area contributed by atoms with E-state index in [4.69, 9.17) is 4.74 Å². The summed E-state index contributed by atoms with van der Waals surface area (Å²) in [7, 11) is 0. The van der Waals surface area contributed by atoms with Crippen LogP contribution in [0.25, 0.3) is 6.08 Å². The third-order valence-electron chi connectivity index (χ3n) is 4.27. The van der Waals surface area contributed by atoms with Crippen molar-refractivity contribution in [3.05, 3.63) is 77.6 Å². The molecule has 1 N–H and O–H groups in total. The molecule has 0 bridgehead atoms. The number of ether oxygens (including phenoxy) is 1. The van der Waals surface area contributed by atoms with Crippen molar-refractivity contribution in [2.45, 2.75) is 12.6 Å². The van der Waals surface area contributed by atoms with Crippen molar-refractivity contribution >= 4 is 12.0 Å². The first-order chi connectivity index (χ1) is 12.7. The number of carbonyl (C=O) groups is 1. The number of amides is 1. The van der Waals surface area contributed by atoms with E-state index >= 15 is 0 Å². The Morgan fingerprint density at radius 2 is 1.96 bits per heavy atom. The normalized spacial score (nSPS) is 18.1. The van der Waals surface area contributed by atoms with E-state index in [1.807, 2.05) is 18.2 Å². The second-order valence-electron chi connectivity index (χ2n) is 6.34. The number of nitrogens with one attached hydrogen (secondary N) is 1. The summed E-state index contributed by atoms with van der Waals surface area (Å²) < 4.78 is 18.6. The molecule has 2 aromatic rings. The van der Waals surface area contributed by atoms with Crippen LogP contribution in [0.3, 0.4) is 0 Å². The topological polar surface area (TPSA) is 41.6 Å². The number of benzene rings is 2. The summed E-state index contributed by atoms with van der Waals surface area (Å²) in [5.41, 5.74) is 2.06. The third kappa shape index (κ3) is 5.79. The quantitative estimate of drug-likeness (QED) is 0.811. The molecule has 1 fully saturated rings. The van der Waals surface area contributed by atoms with Gasteiger partial charge in [0.05, 0.1) is 12.7 Å². The number of nitrogens with zero attached hydrogens (tertiary/aromatic N) is 1. The molecule has 2 aromatic carbocycles. The maximum Gasteiger partial charge on any atom is 0.244 e. The van der Waals surface area contributed by atoms with E-state index in [1.54, 1.807) is 18.2 Å². The Balaban J connectivity index is 1.43. The van der Waals surface area contributed by atoms with Crippen LogP contribution in [0.2, 0.25) is 0 Å². The van der Waals surface area contributed by atoms with Crippen molar-refractivity contribution in [3.63, 3.8) is 0 Å². The summed E-state index contributed by atoms with van der Waals surface area (Å²) in [6.45, 7) is 3.70. The van der Waals surface area contributed by atoms with Crippen molar-refractivity contribution in [1.29, 1.82) is 0 Å². The van der Waals surface area contributed by atoms with E-state index in [9.17, 15) is 9.18 Å². The number of carbonyl (C=O) groups excluding carboxylic acids is 1. The molecule has 1 amide bonds. The van der Waals surface area contributed by atoms with Crippen molar-refractivity contribution in [1.82, 2.24) is 10.2 Å². The molecular formula is C21H23FN2O2. The number of hydrogen-bond acceptors (Lipinski definition) is 3. The van der Waals surface area contributed by atoms with E-state index in [-0.39, 0.29) is 17.8 Å². The fourth-order valence-electron chi connectivity index (χ4n) is 2.91. The maximum atomic E-state index is 12.9. The fourth-order valence-corrected chi connectivity index (χ4v) is 2.91. The summed E-state index contributed by atoms with van der Waals surface area (Å²) in [4.78, 5) is 14.3. The molecule has 26 heavy (non-hydrogen) atoms. The average molecular weight is 354 g/mol. The number of rotatable bonds is 6. The number of halogens is 1. The summed E-state index contributed by atoms with van der Waals surface area (Å²) in [6, 6.07) is 16.3. The van der Waals surface area contributed by atoms with Crippen molar-refractivity contribution in [2.24, 2.45) is 0 Å². The van der Waals surface area contributed by atoms with Crippen LogP contribution >= 0.6 is 0 Å². The molecule has 0 aliphatic carbocycles. The Bertz CT molecular complexity index is 731. The molecule has 3 rings (SSSR count). The van der Waals surface area contributed by atoms with Crippen LogP contribution in [0.15, 0.2) is 60.7 Å². The summed E-state index contributed by atoms with van der Waals surface area (Å²) in [5.74, 6) is -0.473. The molecule has 1 atom stereocenters. The predicted molar refractivity (Wildman–Crippen MR) is 99.9 cm³/mol. The van der Waals surface area contributed by atoms with Crippen LogP contribution in [0, 0.1) is 5.82 Å². The molecule has 0 radical (unpaired) electrons. The lowest BCUT2D eigenvalue weighted by atomic mass is 10.2. The number of hydrogen-bond donors (Lipinski definition) is 1. The van der Waals surface area contributed by atoms with Crippen LogP contribution in [0.4, 0.5) is 4.39 Å². The first-order valence-corrected chi connectivity index (χ1v) is 8.78. The Morgan fingerprint density at radius 3 is 2.73 bits per heavy atom. The Morgan fingerprint density at radius 1 is 1.19 bits per heavy atom. The highest BCUT2D eigenvalue weighted by molar-refractivity contribution is 5.91. The minimum atomic E-state index is -0.291. The van der Waals surface area contributed by atoms with Crippen LogP contribution < -0.4 is 5.32 Å². The van der Waals surface area contributed by atoms with Crippen LogP contribution in [0.1, 0.15) is 11.1 Å². The van der Waals surface area contributed by atoms with Crippen LogP contribution in [-0.4, -0.2) is 43.2 Å². The molecule has 4 nitrogen and oxygen atoms in total. The van der Waals surface area contributed by atoms with E-state index < -0.39 is 0 Å². The van der Waals surface area contributed by atoms with Gasteiger partial charge in [-0.2, -0.15) is 0 Å². The predicted octanol–water partition coefficient (Wildman–Crippen LogP) is 2.86. The maximum absolute atomic E-state index is 12.9. The number of morpholine rings is 1. The lowest BCUT2D eigenvalue weighted by Crippen LogP contribution is -2.46. The Hall–Kier alpha value is -2.50. The average Bonchev–Trinajstić information content (AvgIpc) is 2.67. The minimum absolute atomic E-state index is 0.0179. The van der Waals surface area contributed by atoms with E-state index in [2.05, 4.69) is 22.3 Å². The summed E-state index contributed by atoms with van der Waals surface area (Å²) in [5, 5.41) is 2.87. The molecule has 136 valence electrons. The van der Waals surface area contributed by atoms with Crippen molar-refractivity contribution in [3.8, 4) is 0 Å². The molecule has 1 heterocycles. The molecule has 0 saturated carbocycles. The van der Waals surface area contributed by atoms with Gasteiger partial charge in [0.1, 0.15) is 5.82 Å². The van der Waals surface area contributed by atoms with Gasteiger partial charge >= 0.3 is 0 Å². The third-order valence-corrected chi connectivity index (χ3v) is 4.27. The van der Waals surface area contributed by atoms with Gasteiger partial charge in [0.2, 0.25) is 5.91 Å². The molecule has 5 heteroatoms. The highest BCUT2D eigenvalue weighted by Gasteiger charge is 2.20. The van der Waals surface area contributed by atoms with Crippen molar-refractivity contribution in [2.75, 3.05) is 26.2 Å². The SMILES string of the molecule is O=C(/C=C/c1ccc(F)cc1)NCC1CN(Cc2ccccc2)CCO1. The Kier molecular flexibility index (Phi) is 6.52. The lowest BCUT2D eigenvalue weighted by Gasteiger charge is -2.33. The zero-order valence-corrected chi connectivity index (χ0v) is 14.6. The summed E-state index contributed by atoms with van der Waals surface area (Å²) >= 11 is 0. The first kappa shape index (κ1) is 18.3. The van der Waals surface area contributed by atoms with Gasteiger partial charge in [0.15, 0.2) is 0 Å². The van der Waals surface area contributed by atoms with E-state index in [0.29, 0.717) is 13.2 Å². The second kappa shape index (κ2) is 9.27. The van der Waals surface area contributed by atoms with E-state index in [0.717, 1.165) is 25.2 Å². The highest BCUT2D eigenvalue weighted by atomic mass is 19.1. The highest BCUT2D eigenvalue weighted by Crippen LogP contribution is 2.10. The van der Waals surface area contributed by atoms with Gasteiger partial charge in [-0.25, -0.2) is 4.39 Å². The molecule has 1 aliphatic rings. The fraction of sp³-hybridized carbons (Fsp3) is 0.286. The van der Waals surface area contributed by atoms with Gasteiger partial charge in [-0.15, -0.1) is 0 Å².